The first-order valence-electron chi connectivity index (χ1n) is 10.1. The van der Waals surface area contributed by atoms with E-state index in [2.05, 4.69) is 22.5 Å². The quantitative estimate of drug-likeness (QED) is 0.529. The number of rotatable bonds is 4. The Morgan fingerprint density at radius 1 is 1.13 bits per heavy atom. The molecule has 0 radical (unpaired) electrons. The summed E-state index contributed by atoms with van der Waals surface area (Å²) in [6.45, 7) is 0.700. The van der Waals surface area contributed by atoms with Crippen molar-refractivity contribution in [3.8, 4) is 0 Å². The van der Waals surface area contributed by atoms with Gasteiger partial charge in [-0.05, 0) is 37.0 Å². The Hall–Kier alpha value is -3.67. The molecule has 1 N–H and O–H groups in total. The molecule has 0 fully saturated rings. The van der Waals surface area contributed by atoms with E-state index in [1.165, 1.54) is 5.56 Å². The van der Waals surface area contributed by atoms with Gasteiger partial charge in [-0.25, -0.2) is 4.79 Å². The maximum Gasteiger partial charge on any atom is 0.349 e. The van der Waals surface area contributed by atoms with E-state index in [0.29, 0.717) is 12.1 Å². The van der Waals surface area contributed by atoms with Crippen LogP contribution in [0.5, 0.6) is 0 Å². The fourth-order valence-electron chi connectivity index (χ4n) is 4.12. The van der Waals surface area contributed by atoms with Gasteiger partial charge in [0.05, 0.1) is 18.8 Å². The van der Waals surface area contributed by atoms with E-state index in [1.807, 2.05) is 41.2 Å². The van der Waals surface area contributed by atoms with Crippen molar-refractivity contribution in [2.75, 3.05) is 0 Å². The van der Waals surface area contributed by atoms with E-state index in [1.54, 1.807) is 18.2 Å². The van der Waals surface area contributed by atoms with Gasteiger partial charge in [0.2, 0.25) is 0 Å². The molecule has 2 aromatic heterocycles. The third-order valence-electron chi connectivity index (χ3n) is 5.63. The highest BCUT2D eigenvalue weighted by atomic mass is 16.4. The Kier molecular flexibility index (Phi) is 4.67. The summed E-state index contributed by atoms with van der Waals surface area (Å²) < 4.78 is 7.32. The Labute approximate surface area is 173 Å². The van der Waals surface area contributed by atoms with Crippen LogP contribution in [0.1, 0.15) is 46.1 Å². The number of hydrogen-bond donors (Lipinski definition) is 1. The van der Waals surface area contributed by atoms with Crippen LogP contribution in [-0.4, -0.2) is 15.7 Å². The minimum absolute atomic E-state index is 0.0255. The first-order valence-corrected chi connectivity index (χ1v) is 10.1. The lowest BCUT2D eigenvalue weighted by Gasteiger charge is -2.24. The van der Waals surface area contributed by atoms with Gasteiger partial charge in [-0.3, -0.25) is 9.48 Å². The second-order valence-electron chi connectivity index (χ2n) is 7.59. The molecule has 5 rings (SSSR count). The first-order chi connectivity index (χ1) is 14.7. The summed E-state index contributed by atoms with van der Waals surface area (Å²) in [7, 11) is 0. The molecule has 1 amide bonds. The van der Waals surface area contributed by atoms with E-state index < -0.39 is 11.5 Å². The van der Waals surface area contributed by atoms with Crippen molar-refractivity contribution in [1.82, 2.24) is 15.1 Å². The van der Waals surface area contributed by atoms with Crippen LogP contribution in [0.25, 0.3) is 11.0 Å². The van der Waals surface area contributed by atoms with E-state index >= 15 is 0 Å². The van der Waals surface area contributed by atoms with Gasteiger partial charge in [-0.2, -0.15) is 5.10 Å². The zero-order valence-electron chi connectivity index (χ0n) is 16.4. The zero-order valence-corrected chi connectivity index (χ0v) is 16.4. The van der Waals surface area contributed by atoms with Gasteiger partial charge >= 0.3 is 5.63 Å². The summed E-state index contributed by atoms with van der Waals surface area (Å²) in [5.41, 5.74) is 3.22. The monoisotopic (exact) mass is 399 g/mol. The van der Waals surface area contributed by atoms with Crippen molar-refractivity contribution in [2.45, 2.75) is 31.8 Å². The van der Waals surface area contributed by atoms with Crippen LogP contribution in [0.2, 0.25) is 0 Å². The molecule has 6 nitrogen and oxygen atoms in total. The SMILES string of the molecule is O=C(N[C@@H]1CCCc2c1cnn2Cc1ccccc1)c1cc2ccccc2oc1=O. The van der Waals surface area contributed by atoms with Crippen molar-refractivity contribution < 1.29 is 9.21 Å². The lowest BCUT2D eigenvalue weighted by Crippen LogP contribution is -2.33. The maximum absolute atomic E-state index is 12.9. The molecule has 6 heteroatoms. The van der Waals surface area contributed by atoms with Crippen molar-refractivity contribution in [3.63, 3.8) is 0 Å². The van der Waals surface area contributed by atoms with Crippen molar-refractivity contribution in [2.24, 2.45) is 0 Å². The van der Waals surface area contributed by atoms with Gasteiger partial charge in [-0.1, -0.05) is 48.5 Å². The lowest BCUT2D eigenvalue weighted by atomic mass is 9.92. The molecule has 0 unspecified atom stereocenters. The first kappa shape index (κ1) is 18.4. The highest BCUT2D eigenvalue weighted by Crippen LogP contribution is 2.30. The van der Waals surface area contributed by atoms with Gasteiger partial charge in [0.15, 0.2) is 0 Å². The molecule has 0 bridgehead atoms. The lowest BCUT2D eigenvalue weighted by molar-refractivity contribution is 0.0929. The molecule has 1 atom stereocenters. The van der Waals surface area contributed by atoms with Gasteiger partial charge in [0.1, 0.15) is 11.1 Å². The predicted molar refractivity (Wildman–Crippen MR) is 113 cm³/mol. The normalized spacial score (nSPS) is 15.7. The van der Waals surface area contributed by atoms with Gasteiger partial charge in [0.25, 0.3) is 5.91 Å². The molecule has 2 heterocycles. The maximum atomic E-state index is 12.9. The Balaban J connectivity index is 1.40. The molecular formula is C24H21N3O3. The number of nitrogens with zero attached hydrogens (tertiary/aromatic N) is 2. The minimum Gasteiger partial charge on any atom is -0.422 e. The van der Waals surface area contributed by atoms with Crippen LogP contribution in [0.3, 0.4) is 0 Å². The fraction of sp³-hybridized carbons (Fsp3) is 0.208. The fourth-order valence-corrected chi connectivity index (χ4v) is 4.12. The predicted octanol–water partition coefficient (Wildman–Crippen LogP) is 3.85. The number of carbonyl (C=O) groups is 1. The molecule has 0 spiro atoms. The number of carbonyl (C=O) groups excluding carboxylic acids is 1. The second kappa shape index (κ2) is 7.63. The summed E-state index contributed by atoms with van der Waals surface area (Å²) >= 11 is 0. The van der Waals surface area contributed by atoms with Crippen LogP contribution in [-0.2, 0) is 13.0 Å². The van der Waals surface area contributed by atoms with E-state index in [0.717, 1.165) is 35.9 Å². The number of benzene rings is 2. The average molecular weight is 399 g/mol. The highest BCUT2D eigenvalue weighted by Gasteiger charge is 2.27. The summed E-state index contributed by atoms with van der Waals surface area (Å²) in [4.78, 5) is 25.2. The number of para-hydroxylation sites is 1. The molecule has 4 aromatic rings. The van der Waals surface area contributed by atoms with Crippen molar-refractivity contribution in [3.05, 3.63) is 99.7 Å². The van der Waals surface area contributed by atoms with Crippen LogP contribution < -0.4 is 10.9 Å². The zero-order chi connectivity index (χ0) is 20.5. The molecule has 30 heavy (non-hydrogen) atoms. The third kappa shape index (κ3) is 3.41. The summed E-state index contributed by atoms with van der Waals surface area (Å²) in [6, 6.07) is 18.8. The molecule has 0 saturated heterocycles. The topological polar surface area (TPSA) is 77.1 Å². The van der Waals surface area contributed by atoms with Crippen molar-refractivity contribution in [1.29, 1.82) is 0 Å². The average Bonchev–Trinajstić information content (AvgIpc) is 3.18. The van der Waals surface area contributed by atoms with Gasteiger partial charge in [0, 0.05) is 16.6 Å². The molecule has 1 aliphatic carbocycles. The molecule has 1 aliphatic rings. The number of fused-ring (bicyclic) bond motifs is 2. The Bertz CT molecular complexity index is 1270. The molecular weight excluding hydrogens is 378 g/mol. The van der Waals surface area contributed by atoms with Crippen LogP contribution in [0, 0.1) is 0 Å². The summed E-state index contributed by atoms with van der Waals surface area (Å²) in [5.74, 6) is -0.414. The highest BCUT2D eigenvalue weighted by molar-refractivity contribution is 5.96. The van der Waals surface area contributed by atoms with E-state index in [4.69, 9.17) is 4.42 Å². The number of nitrogens with one attached hydrogen (secondary N) is 1. The Morgan fingerprint density at radius 2 is 1.93 bits per heavy atom. The van der Waals surface area contributed by atoms with Crippen LogP contribution in [0.15, 0.2) is 76.1 Å². The Morgan fingerprint density at radius 3 is 2.80 bits per heavy atom. The number of aromatic nitrogens is 2. The van der Waals surface area contributed by atoms with Crippen LogP contribution >= 0.6 is 0 Å². The standard InChI is InChI=1S/C24H21N3O3/c28-23(18-13-17-9-4-5-12-22(17)30-24(18)29)26-20-10-6-11-21-19(20)14-25-27(21)15-16-7-2-1-3-8-16/h1-5,7-9,12-14,20H,6,10-11,15H2,(H,26,28)/t20-/m1/s1. The van der Waals surface area contributed by atoms with Crippen LogP contribution in [0.4, 0.5) is 0 Å². The third-order valence-corrected chi connectivity index (χ3v) is 5.63. The minimum atomic E-state index is -0.623. The van der Waals surface area contributed by atoms with E-state index in [-0.39, 0.29) is 11.6 Å². The summed E-state index contributed by atoms with van der Waals surface area (Å²) in [5, 5.41) is 8.31. The van der Waals surface area contributed by atoms with E-state index in [9.17, 15) is 9.59 Å². The van der Waals surface area contributed by atoms with Crippen molar-refractivity contribution >= 4 is 16.9 Å². The second-order valence-corrected chi connectivity index (χ2v) is 7.59. The van der Waals surface area contributed by atoms with Gasteiger partial charge < -0.3 is 9.73 Å². The summed E-state index contributed by atoms with van der Waals surface area (Å²) in [6.07, 6.45) is 4.53. The molecule has 150 valence electrons. The molecule has 0 saturated carbocycles. The molecule has 2 aromatic carbocycles. The van der Waals surface area contributed by atoms with Gasteiger partial charge in [-0.15, -0.1) is 0 Å². The number of hydrogen-bond acceptors (Lipinski definition) is 4. The largest absolute Gasteiger partial charge is 0.422 e. The number of amides is 1. The molecule has 0 aliphatic heterocycles. The smallest absolute Gasteiger partial charge is 0.349 e.